The molecule has 0 aromatic carbocycles. The second-order valence-electron chi connectivity index (χ2n) is 4.55. The van der Waals surface area contributed by atoms with Crippen molar-refractivity contribution >= 4 is 5.91 Å². The van der Waals surface area contributed by atoms with E-state index < -0.39 is 0 Å². The van der Waals surface area contributed by atoms with Crippen molar-refractivity contribution in [1.29, 1.82) is 0 Å². The van der Waals surface area contributed by atoms with E-state index in [0.29, 0.717) is 12.1 Å². The summed E-state index contributed by atoms with van der Waals surface area (Å²) in [7, 11) is 0. The second kappa shape index (κ2) is 5.65. The van der Waals surface area contributed by atoms with Gasteiger partial charge in [0.2, 0.25) is 0 Å². The number of pyridine rings is 1. The number of hydrogen-bond acceptors (Lipinski definition) is 3. The van der Waals surface area contributed by atoms with Crippen LogP contribution in [0.4, 0.5) is 0 Å². The lowest BCUT2D eigenvalue weighted by atomic mass is 10.1. The fraction of sp³-hybridized carbons (Fsp3) is 0.357. The summed E-state index contributed by atoms with van der Waals surface area (Å²) in [4.78, 5) is 16.1. The van der Waals surface area contributed by atoms with Gasteiger partial charge < -0.3 is 5.32 Å². The minimum atomic E-state index is -0.0793. The molecule has 2 aromatic heterocycles. The van der Waals surface area contributed by atoms with Crippen molar-refractivity contribution in [2.45, 2.75) is 27.2 Å². The van der Waals surface area contributed by atoms with E-state index in [1.54, 1.807) is 18.3 Å². The van der Waals surface area contributed by atoms with Crippen LogP contribution < -0.4 is 5.32 Å². The summed E-state index contributed by atoms with van der Waals surface area (Å²) in [5, 5.41) is 9.99. The van der Waals surface area contributed by atoms with Gasteiger partial charge in [0, 0.05) is 24.1 Å². The van der Waals surface area contributed by atoms with Gasteiger partial charge in [-0.05, 0) is 44.9 Å². The third-order valence-corrected chi connectivity index (χ3v) is 3.19. The molecule has 2 heterocycles. The zero-order valence-corrected chi connectivity index (χ0v) is 11.4. The number of nitrogens with zero attached hydrogens (tertiary/aromatic N) is 2. The van der Waals surface area contributed by atoms with Gasteiger partial charge in [0.05, 0.1) is 11.3 Å². The molecule has 5 heteroatoms. The van der Waals surface area contributed by atoms with Crippen LogP contribution in [0.5, 0.6) is 0 Å². The third kappa shape index (κ3) is 2.99. The number of aryl methyl sites for hydroxylation is 3. The first-order valence-electron chi connectivity index (χ1n) is 6.30. The number of aromatic nitrogens is 3. The lowest BCUT2D eigenvalue weighted by Crippen LogP contribution is -2.26. The zero-order chi connectivity index (χ0) is 13.8. The van der Waals surface area contributed by atoms with Gasteiger partial charge in [-0.25, -0.2) is 0 Å². The van der Waals surface area contributed by atoms with Crippen molar-refractivity contribution in [1.82, 2.24) is 20.5 Å². The number of hydrogen-bond donors (Lipinski definition) is 2. The van der Waals surface area contributed by atoms with Gasteiger partial charge in [-0.15, -0.1) is 0 Å². The highest BCUT2D eigenvalue weighted by Gasteiger charge is 2.10. The van der Waals surface area contributed by atoms with E-state index in [0.717, 1.165) is 23.5 Å². The molecule has 0 spiro atoms. The van der Waals surface area contributed by atoms with E-state index in [9.17, 15) is 4.79 Å². The van der Waals surface area contributed by atoms with Crippen LogP contribution in [-0.2, 0) is 6.42 Å². The Bertz CT molecular complexity index is 569. The summed E-state index contributed by atoms with van der Waals surface area (Å²) in [5.41, 5.74) is 4.59. The summed E-state index contributed by atoms with van der Waals surface area (Å²) in [6.07, 6.45) is 2.46. The van der Waals surface area contributed by atoms with Crippen molar-refractivity contribution in [3.63, 3.8) is 0 Å². The summed E-state index contributed by atoms with van der Waals surface area (Å²) in [6, 6.07) is 3.55. The van der Waals surface area contributed by atoms with E-state index in [1.807, 2.05) is 20.8 Å². The van der Waals surface area contributed by atoms with Crippen molar-refractivity contribution in [3.8, 4) is 0 Å². The SMILES string of the molecule is Cc1ncccc1C(=O)NCCc1c(C)n[nH]c1C. The highest BCUT2D eigenvalue weighted by atomic mass is 16.1. The number of H-pyrrole nitrogens is 1. The van der Waals surface area contributed by atoms with Crippen LogP contribution in [0.25, 0.3) is 0 Å². The summed E-state index contributed by atoms with van der Waals surface area (Å²) >= 11 is 0. The molecule has 2 aromatic rings. The van der Waals surface area contributed by atoms with Gasteiger partial charge in [-0.2, -0.15) is 5.10 Å². The molecule has 0 unspecified atom stereocenters. The lowest BCUT2D eigenvalue weighted by Gasteiger charge is -2.07. The number of carbonyl (C=O) groups is 1. The van der Waals surface area contributed by atoms with Gasteiger partial charge in [-0.3, -0.25) is 14.9 Å². The molecular weight excluding hydrogens is 240 g/mol. The van der Waals surface area contributed by atoms with E-state index in [1.165, 1.54) is 5.56 Å². The van der Waals surface area contributed by atoms with Crippen LogP contribution in [-0.4, -0.2) is 27.6 Å². The number of amides is 1. The first kappa shape index (κ1) is 13.3. The molecule has 0 radical (unpaired) electrons. The lowest BCUT2D eigenvalue weighted by molar-refractivity contribution is 0.0953. The predicted molar refractivity (Wildman–Crippen MR) is 73.1 cm³/mol. The van der Waals surface area contributed by atoms with E-state index >= 15 is 0 Å². The van der Waals surface area contributed by atoms with Crippen LogP contribution in [0.2, 0.25) is 0 Å². The number of nitrogens with one attached hydrogen (secondary N) is 2. The van der Waals surface area contributed by atoms with E-state index in [-0.39, 0.29) is 5.91 Å². The average molecular weight is 258 g/mol. The Morgan fingerprint density at radius 3 is 2.74 bits per heavy atom. The smallest absolute Gasteiger partial charge is 0.253 e. The molecule has 19 heavy (non-hydrogen) atoms. The molecule has 0 aliphatic rings. The van der Waals surface area contributed by atoms with Gasteiger partial charge in [0.1, 0.15) is 0 Å². The molecular formula is C14H18N4O. The monoisotopic (exact) mass is 258 g/mol. The van der Waals surface area contributed by atoms with Gasteiger partial charge in [0.15, 0.2) is 0 Å². The van der Waals surface area contributed by atoms with Crippen LogP contribution in [0.1, 0.15) is 33.0 Å². The Labute approximate surface area is 112 Å². The number of rotatable bonds is 4. The molecule has 0 bridgehead atoms. The maximum Gasteiger partial charge on any atom is 0.253 e. The third-order valence-electron chi connectivity index (χ3n) is 3.19. The molecule has 0 fully saturated rings. The number of aromatic amines is 1. The second-order valence-corrected chi connectivity index (χ2v) is 4.55. The molecule has 0 saturated heterocycles. The van der Waals surface area contributed by atoms with Gasteiger partial charge in [0.25, 0.3) is 5.91 Å². The van der Waals surface area contributed by atoms with Gasteiger partial charge >= 0.3 is 0 Å². The molecule has 0 atom stereocenters. The highest BCUT2D eigenvalue weighted by Crippen LogP contribution is 2.09. The first-order chi connectivity index (χ1) is 9.09. The van der Waals surface area contributed by atoms with Crippen molar-refractivity contribution in [2.24, 2.45) is 0 Å². The molecule has 0 saturated carbocycles. The largest absolute Gasteiger partial charge is 0.352 e. The topological polar surface area (TPSA) is 70.7 Å². The summed E-state index contributed by atoms with van der Waals surface area (Å²) < 4.78 is 0. The van der Waals surface area contributed by atoms with Gasteiger partial charge in [-0.1, -0.05) is 0 Å². The average Bonchev–Trinajstić information content (AvgIpc) is 2.70. The minimum Gasteiger partial charge on any atom is -0.352 e. The Hall–Kier alpha value is -2.17. The van der Waals surface area contributed by atoms with Crippen LogP contribution in [0, 0.1) is 20.8 Å². The Morgan fingerprint density at radius 2 is 2.11 bits per heavy atom. The Kier molecular flexibility index (Phi) is 3.94. The summed E-state index contributed by atoms with van der Waals surface area (Å²) in [5.74, 6) is -0.0793. The predicted octanol–water partition coefficient (Wildman–Crippen LogP) is 1.70. The summed E-state index contributed by atoms with van der Waals surface area (Å²) in [6.45, 7) is 6.38. The van der Waals surface area contributed by atoms with E-state index in [4.69, 9.17) is 0 Å². The molecule has 5 nitrogen and oxygen atoms in total. The molecule has 1 amide bonds. The normalized spacial score (nSPS) is 10.5. The van der Waals surface area contributed by atoms with Crippen molar-refractivity contribution in [3.05, 3.63) is 46.5 Å². The fourth-order valence-corrected chi connectivity index (χ4v) is 2.06. The highest BCUT2D eigenvalue weighted by molar-refractivity contribution is 5.95. The van der Waals surface area contributed by atoms with E-state index in [2.05, 4.69) is 20.5 Å². The van der Waals surface area contributed by atoms with Crippen molar-refractivity contribution < 1.29 is 4.79 Å². The number of carbonyl (C=O) groups excluding carboxylic acids is 1. The Morgan fingerprint density at radius 1 is 1.32 bits per heavy atom. The maximum atomic E-state index is 12.0. The van der Waals surface area contributed by atoms with Crippen LogP contribution >= 0.6 is 0 Å². The molecule has 100 valence electrons. The Balaban J connectivity index is 1.93. The maximum absolute atomic E-state index is 12.0. The molecule has 2 N–H and O–H groups in total. The van der Waals surface area contributed by atoms with Crippen molar-refractivity contribution in [2.75, 3.05) is 6.54 Å². The molecule has 0 aliphatic heterocycles. The standard InChI is InChI=1S/C14H18N4O/c1-9-13(5-4-7-15-9)14(19)16-8-6-12-10(2)17-18-11(12)3/h4-5,7H,6,8H2,1-3H3,(H,16,19)(H,17,18). The minimum absolute atomic E-state index is 0.0793. The molecule has 0 aliphatic carbocycles. The van der Waals surface area contributed by atoms with Crippen LogP contribution in [0.15, 0.2) is 18.3 Å². The molecule has 2 rings (SSSR count). The fourth-order valence-electron chi connectivity index (χ4n) is 2.06. The first-order valence-corrected chi connectivity index (χ1v) is 6.30. The zero-order valence-electron chi connectivity index (χ0n) is 11.4. The quantitative estimate of drug-likeness (QED) is 0.877. The van der Waals surface area contributed by atoms with Crippen LogP contribution in [0.3, 0.4) is 0 Å².